The van der Waals surface area contributed by atoms with E-state index in [2.05, 4.69) is 21.2 Å². The van der Waals surface area contributed by atoms with E-state index in [0.29, 0.717) is 31.7 Å². The van der Waals surface area contributed by atoms with E-state index in [1.54, 1.807) is 36.4 Å². The van der Waals surface area contributed by atoms with Crippen molar-refractivity contribution in [3.8, 4) is 0 Å². The SMILES string of the molecule is Nc1cc(Cl)c(Br)cc1NC(=O)Cc1ccc(S(=O)(=O)CC2CC2)cc1. The summed E-state index contributed by atoms with van der Waals surface area (Å²) in [6, 6.07) is 9.66. The highest BCUT2D eigenvalue weighted by Crippen LogP contribution is 2.32. The zero-order chi connectivity index (χ0) is 18.9. The third-order valence-corrected chi connectivity index (χ3v) is 7.26. The Balaban J connectivity index is 1.65. The minimum Gasteiger partial charge on any atom is -0.397 e. The van der Waals surface area contributed by atoms with Crippen LogP contribution in [0.5, 0.6) is 0 Å². The molecule has 5 nitrogen and oxygen atoms in total. The Bertz CT molecular complexity index is 942. The highest BCUT2D eigenvalue weighted by molar-refractivity contribution is 9.10. The number of hydrogen-bond donors (Lipinski definition) is 2. The average molecular weight is 458 g/mol. The minimum absolute atomic E-state index is 0.114. The van der Waals surface area contributed by atoms with Crippen molar-refractivity contribution in [3.63, 3.8) is 0 Å². The third kappa shape index (κ3) is 4.78. The third-order valence-electron chi connectivity index (χ3n) is 4.17. The lowest BCUT2D eigenvalue weighted by molar-refractivity contribution is -0.115. The number of sulfone groups is 1. The summed E-state index contributed by atoms with van der Waals surface area (Å²) in [5.74, 6) is 0.256. The van der Waals surface area contributed by atoms with Crippen LogP contribution in [0.2, 0.25) is 5.02 Å². The first-order valence-electron chi connectivity index (χ1n) is 8.10. The molecule has 1 saturated carbocycles. The largest absolute Gasteiger partial charge is 0.397 e. The van der Waals surface area contributed by atoms with Crippen molar-refractivity contribution >= 4 is 54.7 Å². The smallest absolute Gasteiger partial charge is 0.228 e. The number of rotatable bonds is 6. The van der Waals surface area contributed by atoms with E-state index in [1.165, 1.54) is 0 Å². The van der Waals surface area contributed by atoms with Crippen LogP contribution in [0, 0.1) is 5.92 Å². The summed E-state index contributed by atoms with van der Waals surface area (Å²) in [6.07, 6.45) is 2.09. The molecule has 0 aliphatic heterocycles. The van der Waals surface area contributed by atoms with E-state index in [-0.39, 0.29) is 18.1 Å². The molecule has 0 bridgehead atoms. The summed E-state index contributed by atoms with van der Waals surface area (Å²) in [5.41, 5.74) is 7.42. The number of hydrogen-bond acceptors (Lipinski definition) is 4. The predicted octanol–water partition coefficient (Wildman–Crippen LogP) is 4.05. The highest BCUT2D eigenvalue weighted by atomic mass is 79.9. The van der Waals surface area contributed by atoms with Gasteiger partial charge in [-0.1, -0.05) is 23.7 Å². The predicted molar refractivity (Wildman–Crippen MR) is 107 cm³/mol. The molecule has 0 spiro atoms. The van der Waals surface area contributed by atoms with E-state index >= 15 is 0 Å². The van der Waals surface area contributed by atoms with E-state index in [1.807, 2.05) is 0 Å². The van der Waals surface area contributed by atoms with Crippen molar-refractivity contribution in [1.82, 2.24) is 0 Å². The summed E-state index contributed by atoms with van der Waals surface area (Å²) in [5, 5.41) is 3.20. The van der Waals surface area contributed by atoms with Crippen LogP contribution in [0.15, 0.2) is 45.8 Å². The lowest BCUT2D eigenvalue weighted by Crippen LogP contribution is -2.15. The number of benzene rings is 2. The van der Waals surface area contributed by atoms with Gasteiger partial charge in [0.2, 0.25) is 5.91 Å². The van der Waals surface area contributed by atoms with Crippen LogP contribution < -0.4 is 11.1 Å². The molecule has 0 heterocycles. The van der Waals surface area contributed by atoms with Gasteiger partial charge in [0.15, 0.2) is 9.84 Å². The summed E-state index contributed by atoms with van der Waals surface area (Å²) >= 11 is 9.24. The topological polar surface area (TPSA) is 89.3 Å². The van der Waals surface area contributed by atoms with Gasteiger partial charge >= 0.3 is 0 Å². The molecular weight excluding hydrogens is 440 g/mol. The average Bonchev–Trinajstić information content (AvgIpc) is 3.36. The molecule has 1 fully saturated rings. The Morgan fingerprint density at radius 2 is 1.88 bits per heavy atom. The van der Waals surface area contributed by atoms with Crippen molar-refractivity contribution in [3.05, 3.63) is 51.5 Å². The lowest BCUT2D eigenvalue weighted by atomic mass is 10.1. The molecule has 0 radical (unpaired) electrons. The molecule has 0 atom stereocenters. The maximum absolute atomic E-state index is 12.2. The van der Waals surface area contributed by atoms with Gasteiger partial charge in [0.1, 0.15) is 0 Å². The first-order valence-corrected chi connectivity index (χ1v) is 10.9. The molecule has 0 unspecified atom stereocenters. The Labute approximate surface area is 166 Å². The number of amides is 1. The number of carbonyl (C=O) groups excluding carboxylic acids is 1. The van der Waals surface area contributed by atoms with E-state index in [9.17, 15) is 13.2 Å². The molecule has 1 aliphatic carbocycles. The van der Waals surface area contributed by atoms with Crippen LogP contribution in [0.1, 0.15) is 18.4 Å². The lowest BCUT2D eigenvalue weighted by Gasteiger charge is -2.10. The number of nitrogen functional groups attached to an aromatic ring is 1. The molecule has 3 N–H and O–H groups in total. The second-order valence-corrected chi connectivity index (χ2v) is 9.74. The van der Waals surface area contributed by atoms with Crippen LogP contribution in [-0.2, 0) is 21.1 Å². The van der Waals surface area contributed by atoms with Crippen molar-refractivity contribution in [2.75, 3.05) is 16.8 Å². The van der Waals surface area contributed by atoms with Gasteiger partial charge in [-0.3, -0.25) is 4.79 Å². The molecule has 1 aliphatic rings. The maximum atomic E-state index is 12.2. The molecule has 3 rings (SSSR count). The molecule has 2 aromatic rings. The first kappa shape index (κ1) is 19.2. The zero-order valence-corrected chi connectivity index (χ0v) is 17.0. The molecule has 138 valence electrons. The fourth-order valence-corrected chi connectivity index (χ4v) is 4.77. The Hall–Kier alpha value is -1.57. The van der Waals surface area contributed by atoms with Gasteiger partial charge in [-0.25, -0.2) is 8.42 Å². The number of carbonyl (C=O) groups is 1. The van der Waals surface area contributed by atoms with Crippen LogP contribution in [0.4, 0.5) is 11.4 Å². The summed E-state index contributed by atoms with van der Waals surface area (Å²) in [4.78, 5) is 12.5. The maximum Gasteiger partial charge on any atom is 0.228 e. The van der Waals surface area contributed by atoms with Crippen molar-refractivity contribution in [1.29, 1.82) is 0 Å². The van der Waals surface area contributed by atoms with Gasteiger partial charge in [-0.15, -0.1) is 0 Å². The van der Waals surface area contributed by atoms with Gasteiger partial charge in [-0.2, -0.15) is 0 Å². The highest BCUT2D eigenvalue weighted by Gasteiger charge is 2.28. The quantitative estimate of drug-likeness (QED) is 0.640. The van der Waals surface area contributed by atoms with Crippen LogP contribution >= 0.6 is 27.5 Å². The van der Waals surface area contributed by atoms with E-state index in [0.717, 1.165) is 18.4 Å². The van der Waals surface area contributed by atoms with Crippen molar-refractivity contribution < 1.29 is 13.2 Å². The van der Waals surface area contributed by atoms with Gasteiger partial charge in [0.25, 0.3) is 0 Å². The van der Waals surface area contributed by atoms with Gasteiger partial charge < -0.3 is 11.1 Å². The molecule has 0 aromatic heterocycles. The molecule has 0 saturated heterocycles. The Morgan fingerprint density at radius 1 is 1.23 bits per heavy atom. The van der Waals surface area contributed by atoms with E-state index < -0.39 is 9.84 Å². The minimum atomic E-state index is -3.24. The number of anilines is 2. The second kappa shape index (κ2) is 7.58. The second-order valence-electron chi connectivity index (χ2n) is 6.45. The molecule has 2 aromatic carbocycles. The fourth-order valence-electron chi connectivity index (χ4n) is 2.56. The van der Waals surface area contributed by atoms with Gasteiger partial charge in [-0.05, 0) is 64.5 Å². The monoisotopic (exact) mass is 456 g/mol. The number of halogens is 2. The van der Waals surface area contributed by atoms with Crippen LogP contribution in [0.25, 0.3) is 0 Å². The van der Waals surface area contributed by atoms with Gasteiger partial charge in [0.05, 0.1) is 33.5 Å². The number of nitrogens with one attached hydrogen (secondary N) is 1. The van der Waals surface area contributed by atoms with Gasteiger partial charge in [0, 0.05) is 4.47 Å². The van der Waals surface area contributed by atoms with E-state index in [4.69, 9.17) is 17.3 Å². The first-order chi connectivity index (χ1) is 12.2. The number of nitrogens with two attached hydrogens (primary N) is 1. The summed E-state index contributed by atoms with van der Waals surface area (Å²) < 4.78 is 25.1. The molecule has 8 heteroatoms. The standard InChI is InChI=1S/C18H18BrClN2O3S/c19-14-8-17(16(21)9-15(14)20)22-18(23)7-11-3-5-13(6-4-11)26(24,25)10-12-1-2-12/h3-6,8-9,12H,1-2,7,10,21H2,(H,22,23). The fraction of sp³-hybridized carbons (Fsp3) is 0.278. The molecule has 26 heavy (non-hydrogen) atoms. The Kier molecular flexibility index (Phi) is 5.60. The normalized spacial score (nSPS) is 14.2. The van der Waals surface area contributed by atoms with Crippen LogP contribution in [0.3, 0.4) is 0 Å². The van der Waals surface area contributed by atoms with Crippen LogP contribution in [-0.4, -0.2) is 20.1 Å². The zero-order valence-electron chi connectivity index (χ0n) is 13.8. The molecule has 1 amide bonds. The summed E-state index contributed by atoms with van der Waals surface area (Å²) in [6.45, 7) is 0. The Morgan fingerprint density at radius 3 is 2.50 bits per heavy atom. The molecular formula is C18H18BrClN2O3S. The summed E-state index contributed by atoms with van der Waals surface area (Å²) in [7, 11) is -3.24. The van der Waals surface area contributed by atoms with Crippen molar-refractivity contribution in [2.24, 2.45) is 5.92 Å². The van der Waals surface area contributed by atoms with Crippen molar-refractivity contribution in [2.45, 2.75) is 24.2 Å².